The van der Waals surface area contributed by atoms with Crippen LogP contribution in [-0.4, -0.2) is 37.9 Å². The second kappa shape index (κ2) is 8.46. The molecule has 1 aromatic carbocycles. The molecule has 34 heavy (non-hydrogen) atoms. The first-order valence-electron chi connectivity index (χ1n) is 11.4. The third kappa shape index (κ3) is 3.93. The third-order valence-electron chi connectivity index (χ3n) is 6.59. The van der Waals surface area contributed by atoms with E-state index in [9.17, 15) is 14.4 Å². The van der Waals surface area contributed by atoms with Gasteiger partial charge in [-0.25, -0.2) is 9.69 Å². The Kier molecular flexibility index (Phi) is 5.92. The fourth-order valence-corrected chi connectivity index (χ4v) is 5.24. The van der Waals surface area contributed by atoms with E-state index in [-0.39, 0.29) is 18.8 Å². The largest absolute Gasteiger partial charge is 0.468 e. The first-order chi connectivity index (χ1) is 16.0. The molecule has 0 bridgehead atoms. The number of fused-ring (bicyclic) bond motifs is 3. The molecule has 7 nitrogen and oxygen atoms in total. The van der Waals surface area contributed by atoms with Gasteiger partial charge in [0.15, 0.2) is 5.41 Å². The minimum absolute atomic E-state index is 0.122. The second-order valence-corrected chi connectivity index (χ2v) is 10.1. The maximum Gasteiger partial charge on any atom is 0.419 e. The van der Waals surface area contributed by atoms with Crippen LogP contribution in [0.4, 0.5) is 10.5 Å². The summed E-state index contributed by atoms with van der Waals surface area (Å²) >= 11 is 0. The Labute approximate surface area is 200 Å². The van der Waals surface area contributed by atoms with Crippen LogP contribution in [0.15, 0.2) is 58.8 Å². The Hall–Kier alpha value is -3.35. The van der Waals surface area contributed by atoms with Crippen molar-refractivity contribution in [2.24, 2.45) is 5.41 Å². The number of carbonyl (C=O) groups is 3. The molecular formula is C27H31NO6. The van der Waals surface area contributed by atoms with E-state index in [0.29, 0.717) is 6.42 Å². The summed E-state index contributed by atoms with van der Waals surface area (Å²) in [7, 11) is 2.57. The Morgan fingerprint density at radius 1 is 1.00 bits per heavy atom. The summed E-state index contributed by atoms with van der Waals surface area (Å²) in [6, 6.07) is 7.79. The van der Waals surface area contributed by atoms with E-state index in [4.69, 9.17) is 14.2 Å². The number of rotatable bonds is 2. The predicted octanol–water partition coefficient (Wildman–Crippen LogP) is 5.18. The highest BCUT2D eigenvalue weighted by Gasteiger charge is 2.54. The zero-order valence-electron chi connectivity index (χ0n) is 20.6. The summed E-state index contributed by atoms with van der Waals surface area (Å²) in [4.78, 5) is 40.5. The molecule has 0 N–H and O–H groups in total. The SMILES string of the molecule is COC(=O)C1(C(=O)OC)CC2=C(C[C@@H]3/C(=C\C(C)=C/2)N(C(=O)OC(C)(C)C)c2ccccc23)C1. The van der Waals surface area contributed by atoms with Crippen LogP contribution in [0.2, 0.25) is 0 Å². The number of para-hydroxylation sites is 1. The van der Waals surface area contributed by atoms with Crippen LogP contribution < -0.4 is 4.90 Å². The number of anilines is 1. The number of nitrogens with zero attached hydrogens (tertiary/aromatic N) is 1. The van der Waals surface area contributed by atoms with Crippen molar-refractivity contribution in [1.29, 1.82) is 0 Å². The predicted molar refractivity (Wildman–Crippen MR) is 127 cm³/mol. The number of carbonyl (C=O) groups excluding carboxylic acids is 3. The normalized spacial score (nSPS) is 23.8. The number of esters is 2. The lowest BCUT2D eigenvalue weighted by Crippen LogP contribution is -2.39. The second-order valence-electron chi connectivity index (χ2n) is 10.1. The summed E-state index contributed by atoms with van der Waals surface area (Å²) in [5.74, 6) is -1.30. The molecule has 3 aliphatic rings. The van der Waals surface area contributed by atoms with Crippen molar-refractivity contribution in [3.63, 3.8) is 0 Å². The first-order valence-corrected chi connectivity index (χ1v) is 11.4. The molecule has 1 heterocycles. The summed E-state index contributed by atoms with van der Waals surface area (Å²) in [5, 5.41) is 0. The van der Waals surface area contributed by atoms with Crippen molar-refractivity contribution in [2.45, 2.75) is 58.5 Å². The smallest absolute Gasteiger partial charge is 0.419 e. The van der Waals surface area contributed by atoms with Crippen LogP contribution >= 0.6 is 0 Å². The van der Waals surface area contributed by atoms with Crippen LogP contribution in [0, 0.1) is 5.41 Å². The summed E-state index contributed by atoms with van der Waals surface area (Å²) in [6.45, 7) is 7.48. The van der Waals surface area contributed by atoms with E-state index in [2.05, 4.69) is 0 Å². The van der Waals surface area contributed by atoms with Crippen LogP contribution in [0.1, 0.15) is 58.4 Å². The highest BCUT2D eigenvalue weighted by atomic mass is 16.6. The van der Waals surface area contributed by atoms with Crippen molar-refractivity contribution in [1.82, 2.24) is 0 Å². The number of hydrogen-bond donors (Lipinski definition) is 0. The van der Waals surface area contributed by atoms with E-state index in [0.717, 1.165) is 33.7 Å². The number of amides is 1. The molecule has 7 heteroatoms. The van der Waals surface area contributed by atoms with Gasteiger partial charge in [-0.05, 0) is 75.8 Å². The van der Waals surface area contributed by atoms with E-state index >= 15 is 0 Å². The van der Waals surface area contributed by atoms with E-state index < -0.39 is 29.0 Å². The van der Waals surface area contributed by atoms with E-state index in [1.807, 2.05) is 64.1 Å². The Morgan fingerprint density at radius 2 is 1.65 bits per heavy atom. The van der Waals surface area contributed by atoms with Gasteiger partial charge < -0.3 is 14.2 Å². The summed E-state index contributed by atoms with van der Waals surface area (Å²) in [5.41, 5.74) is 3.44. The molecule has 0 unspecified atom stereocenters. The molecule has 1 amide bonds. The van der Waals surface area contributed by atoms with E-state index in [1.165, 1.54) is 14.2 Å². The fourth-order valence-electron chi connectivity index (χ4n) is 5.24. The molecule has 180 valence electrons. The number of allylic oxidation sites excluding steroid dienone is 6. The van der Waals surface area contributed by atoms with Crippen molar-refractivity contribution >= 4 is 23.7 Å². The van der Waals surface area contributed by atoms with E-state index in [1.54, 1.807) is 4.90 Å². The van der Waals surface area contributed by atoms with Crippen LogP contribution in [0.3, 0.4) is 0 Å². The van der Waals surface area contributed by atoms with Crippen molar-refractivity contribution in [3.8, 4) is 0 Å². The average Bonchev–Trinajstić information content (AvgIpc) is 3.27. The molecule has 2 aliphatic carbocycles. The molecule has 0 spiro atoms. The van der Waals surface area contributed by atoms with Crippen LogP contribution in [-0.2, 0) is 23.8 Å². The lowest BCUT2D eigenvalue weighted by Gasteiger charge is -2.27. The number of methoxy groups -OCH3 is 2. The maximum atomic E-state index is 13.3. The molecule has 0 fully saturated rings. The number of ether oxygens (including phenoxy) is 3. The highest BCUT2D eigenvalue weighted by molar-refractivity contribution is 6.02. The molecule has 4 rings (SSSR count). The molecule has 1 aromatic rings. The highest BCUT2D eigenvalue weighted by Crippen LogP contribution is 2.53. The topological polar surface area (TPSA) is 82.1 Å². The Bertz CT molecular complexity index is 1130. The Balaban J connectivity index is 1.78. The standard InChI is InChI=1S/C27H31NO6/c1-16-11-17-14-27(23(29)32-5,24(30)33-6)15-18(17)13-20-19-9-7-8-10-21(19)28(22(20)12-16)25(31)34-26(2,3)4/h7-12,20H,13-15H2,1-6H3/b16-11-,22-12+/t20-/m0/s1. The molecule has 0 aromatic heterocycles. The summed E-state index contributed by atoms with van der Waals surface area (Å²) < 4.78 is 15.8. The van der Waals surface area contributed by atoms with Gasteiger partial charge in [0.2, 0.25) is 0 Å². The first kappa shape index (κ1) is 23.8. The zero-order chi connectivity index (χ0) is 24.8. The maximum absolute atomic E-state index is 13.3. The quantitative estimate of drug-likeness (QED) is 0.340. The Morgan fingerprint density at radius 3 is 2.26 bits per heavy atom. The molecular weight excluding hydrogens is 434 g/mol. The van der Waals surface area contributed by atoms with Gasteiger partial charge >= 0.3 is 18.0 Å². The van der Waals surface area contributed by atoms with Gasteiger partial charge in [-0.15, -0.1) is 0 Å². The van der Waals surface area contributed by atoms with Crippen molar-refractivity contribution in [3.05, 3.63) is 64.4 Å². The summed E-state index contributed by atoms with van der Waals surface area (Å²) in [6.07, 6.45) is 4.57. The van der Waals surface area contributed by atoms with Gasteiger partial charge in [0.25, 0.3) is 0 Å². The molecule has 0 saturated heterocycles. The lowest BCUT2D eigenvalue weighted by atomic mass is 9.82. The van der Waals surface area contributed by atoms with Gasteiger partial charge in [0, 0.05) is 11.6 Å². The van der Waals surface area contributed by atoms with Crippen molar-refractivity contribution in [2.75, 3.05) is 19.1 Å². The molecule has 1 atom stereocenters. The van der Waals surface area contributed by atoms with Crippen LogP contribution in [0.5, 0.6) is 0 Å². The van der Waals surface area contributed by atoms with Crippen LogP contribution in [0.25, 0.3) is 0 Å². The number of hydrogen-bond acceptors (Lipinski definition) is 6. The van der Waals surface area contributed by atoms with Gasteiger partial charge in [-0.3, -0.25) is 9.59 Å². The van der Waals surface area contributed by atoms with Crippen molar-refractivity contribution < 1.29 is 28.6 Å². The fraction of sp³-hybridized carbons (Fsp3) is 0.444. The van der Waals surface area contributed by atoms with Gasteiger partial charge in [0.1, 0.15) is 5.60 Å². The van der Waals surface area contributed by atoms with Gasteiger partial charge in [-0.2, -0.15) is 0 Å². The average molecular weight is 466 g/mol. The zero-order valence-corrected chi connectivity index (χ0v) is 20.6. The third-order valence-corrected chi connectivity index (χ3v) is 6.59. The minimum atomic E-state index is -1.39. The van der Waals surface area contributed by atoms with Gasteiger partial charge in [0.05, 0.1) is 19.9 Å². The van der Waals surface area contributed by atoms with Gasteiger partial charge in [-0.1, -0.05) is 29.8 Å². The molecule has 0 saturated carbocycles. The minimum Gasteiger partial charge on any atom is -0.468 e. The molecule has 1 aliphatic heterocycles. The monoisotopic (exact) mass is 465 g/mol. The molecule has 0 radical (unpaired) electrons. The lowest BCUT2D eigenvalue weighted by molar-refractivity contribution is -0.168. The number of benzene rings is 1.